The van der Waals surface area contributed by atoms with Gasteiger partial charge >= 0.3 is 0 Å². The molecule has 0 bridgehead atoms. The average Bonchev–Trinajstić information content (AvgIpc) is 3.17. The van der Waals surface area contributed by atoms with Crippen LogP contribution in [-0.4, -0.2) is 44.9 Å². The van der Waals surface area contributed by atoms with Gasteiger partial charge in [-0.1, -0.05) is 31.9 Å². The van der Waals surface area contributed by atoms with Gasteiger partial charge in [0.25, 0.3) is 11.7 Å². The minimum absolute atomic E-state index is 0.0131. The van der Waals surface area contributed by atoms with Crippen molar-refractivity contribution in [3.05, 3.63) is 89.5 Å². The third-order valence-electron chi connectivity index (χ3n) is 6.16. The summed E-state index contributed by atoms with van der Waals surface area (Å²) in [5, 5.41) is 11.2. The third kappa shape index (κ3) is 5.80. The molecule has 0 radical (unpaired) electrons. The van der Waals surface area contributed by atoms with Crippen molar-refractivity contribution >= 4 is 17.4 Å². The highest BCUT2D eigenvalue weighted by Crippen LogP contribution is 2.42. The van der Waals surface area contributed by atoms with E-state index in [1.807, 2.05) is 19.1 Å². The van der Waals surface area contributed by atoms with Gasteiger partial charge in [0.15, 0.2) is 11.5 Å². The molecule has 37 heavy (non-hydrogen) atoms. The number of benzene rings is 1. The number of unbranched alkanes of at least 4 members (excludes halogenated alkanes) is 2. The molecule has 3 aromatic rings. The molecule has 4 rings (SSSR count). The number of aromatic nitrogens is 2. The number of Topliss-reactive ketones (excluding diaryl/α,β-unsaturated/α-hetero) is 1. The molecule has 1 N–H and O–H groups in total. The largest absolute Gasteiger partial charge is 0.507 e. The Morgan fingerprint density at radius 2 is 1.78 bits per heavy atom. The first-order valence-electron chi connectivity index (χ1n) is 12.5. The van der Waals surface area contributed by atoms with Crippen LogP contribution in [0.2, 0.25) is 0 Å². The number of hydrogen-bond acceptors (Lipinski definition) is 7. The molecule has 1 fully saturated rings. The van der Waals surface area contributed by atoms with E-state index in [0.29, 0.717) is 35.8 Å². The number of amides is 1. The molecule has 0 spiro atoms. The van der Waals surface area contributed by atoms with Crippen molar-refractivity contribution in [2.75, 3.05) is 13.2 Å². The second kappa shape index (κ2) is 12.2. The monoisotopic (exact) mass is 501 g/mol. The molecule has 8 nitrogen and oxygen atoms in total. The molecule has 1 aliphatic heterocycles. The van der Waals surface area contributed by atoms with Crippen LogP contribution in [0, 0.1) is 0 Å². The lowest BCUT2D eigenvalue weighted by molar-refractivity contribution is -0.140. The first kappa shape index (κ1) is 25.9. The first-order valence-corrected chi connectivity index (χ1v) is 12.5. The summed E-state index contributed by atoms with van der Waals surface area (Å²) in [4.78, 5) is 36.1. The predicted octanol–water partition coefficient (Wildman–Crippen LogP) is 5.07. The van der Waals surface area contributed by atoms with E-state index in [-0.39, 0.29) is 17.9 Å². The zero-order valence-electron chi connectivity index (χ0n) is 21.1. The van der Waals surface area contributed by atoms with Gasteiger partial charge in [0.05, 0.1) is 24.8 Å². The minimum atomic E-state index is -0.832. The van der Waals surface area contributed by atoms with E-state index < -0.39 is 17.7 Å². The number of ether oxygens (including phenoxy) is 2. The van der Waals surface area contributed by atoms with Crippen LogP contribution in [0.4, 0.5) is 0 Å². The standard InChI is InChI=1S/C29H31N3O5/c1-3-5-6-16-37-23-10-9-22(17-24(23)36-4-2)26-25(27(33)21-11-14-30-15-12-21)28(34)29(35)32(26)19-20-8-7-13-31-18-20/h7-15,17-18,26,33H,3-6,16,19H2,1-2H3. The van der Waals surface area contributed by atoms with Crippen molar-refractivity contribution in [3.63, 3.8) is 0 Å². The van der Waals surface area contributed by atoms with Crippen LogP contribution >= 0.6 is 0 Å². The molecule has 0 saturated carbocycles. The zero-order valence-corrected chi connectivity index (χ0v) is 21.1. The molecule has 3 heterocycles. The molecule has 8 heteroatoms. The fourth-order valence-corrected chi connectivity index (χ4v) is 4.36. The Kier molecular flexibility index (Phi) is 8.51. The quantitative estimate of drug-likeness (QED) is 0.169. The second-order valence-electron chi connectivity index (χ2n) is 8.72. The van der Waals surface area contributed by atoms with E-state index in [1.165, 1.54) is 17.3 Å². The topological polar surface area (TPSA) is 102 Å². The van der Waals surface area contributed by atoms with Crippen LogP contribution in [0.1, 0.15) is 55.8 Å². The van der Waals surface area contributed by atoms with E-state index in [2.05, 4.69) is 16.9 Å². The summed E-state index contributed by atoms with van der Waals surface area (Å²) < 4.78 is 11.8. The van der Waals surface area contributed by atoms with Crippen LogP contribution in [0.3, 0.4) is 0 Å². The fraction of sp³-hybridized carbons (Fsp3) is 0.310. The summed E-state index contributed by atoms with van der Waals surface area (Å²) in [6.07, 6.45) is 9.43. The SMILES string of the molecule is CCCCCOc1ccc(C2C(=C(O)c3ccncc3)C(=O)C(=O)N2Cc2cccnc2)cc1OCC. The van der Waals surface area contributed by atoms with Crippen LogP contribution in [0.5, 0.6) is 11.5 Å². The van der Waals surface area contributed by atoms with Crippen LogP contribution in [-0.2, 0) is 16.1 Å². The molecule has 1 atom stereocenters. The van der Waals surface area contributed by atoms with E-state index in [9.17, 15) is 14.7 Å². The van der Waals surface area contributed by atoms with Gasteiger partial charge in [-0.3, -0.25) is 19.6 Å². The van der Waals surface area contributed by atoms with Gasteiger partial charge in [0.1, 0.15) is 5.76 Å². The van der Waals surface area contributed by atoms with Crippen molar-refractivity contribution in [2.45, 2.75) is 45.7 Å². The summed E-state index contributed by atoms with van der Waals surface area (Å²) in [7, 11) is 0. The maximum atomic E-state index is 13.3. The average molecular weight is 502 g/mol. The van der Waals surface area contributed by atoms with E-state index >= 15 is 0 Å². The van der Waals surface area contributed by atoms with Crippen molar-refractivity contribution in [2.24, 2.45) is 0 Å². The van der Waals surface area contributed by atoms with E-state index in [0.717, 1.165) is 24.8 Å². The van der Waals surface area contributed by atoms with Crippen LogP contribution < -0.4 is 9.47 Å². The molecule has 2 aromatic heterocycles. The molecule has 1 saturated heterocycles. The Balaban J connectivity index is 1.79. The number of carbonyl (C=O) groups is 2. The van der Waals surface area contributed by atoms with Crippen molar-refractivity contribution < 1.29 is 24.2 Å². The highest BCUT2D eigenvalue weighted by Gasteiger charge is 2.46. The number of hydrogen-bond donors (Lipinski definition) is 1. The summed E-state index contributed by atoms with van der Waals surface area (Å²) in [6, 6.07) is 11.4. The third-order valence-corrected chi connectivity index (χ3v) is 6.16. The Bertz CT molecular complexity index is 1260. The lowest BCUT2D eigenvalue weighted by Crippen LogP contribution is -2.29. The minimum Gasteiger partial charge on any atom is -0.507 e. The summed E-state index contributed by atoms with van der Waals surface area (Å²) in [5.74, 6) is -0.576. The van der Waals surface area contributed by atoms with Gasteiger partial charge in [0.2, 0.25) is 0 Å². The van der Waals surface area contributed by atoms with Crippen LogP contribution in [0.25, 0.3) is 5.76 Å². The molecular formula is C29H31N3O5. The second-order valence-corrected chi connectivity index (χ2v) is 8.72. The van der Waals surface area contributed by atoms with Crippen LogP contribution in [0.15, 0.2) is 72.8 Å². The first-order chi connectivity index (χ1) is 18.0. The van der Waals surface area contributed by atoms with E-state index in [4.69, 9.17) is 9.47 Å². The van der Waals surface area contributed by atoms with Gasteiger partial charge in [-0.05, 0) is 54.8 Å². The number of rotatable bonds is 11. The Morgan fingerprint density at radius 3 is 2.49 bits per heavy atom. The summed E-state index contributed by atoms with van der Waals surface area (Å²) >= 11 is 0. The predicted molar refractivity (Wildman–Crippen MR) is 139 cm³/mol. The van der Waals surface area contributed by atoms with Gasteiger partial charge in [-0.25, -0.2) is 0 Å². The zero-order chi connectivity index (χ0) is 26.2. The van der Waals surface area contributed by atoms with Gasteiger partial charge < -0.3 is 19.5 Å². The number of pyridine rings is 2. The number of ketones is 1. The molecule has 192 valence electrons. The van der Waals surface area contributed by atoms with Crippen molar-refractivity contribution in [1.29, 1.82) is 0 Å². The Hall–Kier alpha value is -4.20. The molecule has 1 amide bonds. The Labute approximate surface area is 216 Å². The molecular weight excluding hydrogens is 470 g/mol. The van der Waals surface area contributed by atoms with Gasteiger partial charge in [-0.2, -0.15) is 0 Å². The number of aliphatic hydroxyl groups is 1. The van der Waals surface area contributed by atoms with Gasteiger partial charge in [0, 0.05) is 36.9 Å². The fourth-order valence-electron chi connectivity index (χ4n) is 4.36. The highest BCUT2D eigenvalue weighted by atomic mass is 16.5. The Morgan fingerprint density at radius 1 is 0.973 bits per heavy atom. The molecule has 0 aliphatic carbocycles. The lowest BCUT2D eigenvalue weighted by atomic mass is 9.95. The summed E-state index contributed by atoms with van der Waals surface area (Å²) in [6.45, 7) is 5.14. The normalized spacial score (nSPS) is 16.7. The van der Waals surface area contributed by atoms with E-state index in [1.54, 1.807) is 42.7 Å². The number of carbonyl (C=O) groups excluding carboxylic acids is 2. The number of likely N-dealkylation sites (tertiary alicyclic amines) is 1. The van der Waals surface area contributed by atoms with Crippen molar-refractivity contribution in [3.8, 4) is 11.5 Å². The molecule has 1 aliphatic rings. The summed E-state index contributed by atoms with van der Waals surface area (Å²) in [5.41, 5.74) is 1.81. The molecule has 1 unspecified atom stereocenters. The smallest absolute Gasteiger partial charge is 0.295 e. The van der Waals surface area contributed by atoms with Crippen molar-refractivity contribution in [1.82, 2.24) is 14.9 Å². The molecule has 1 aromatic carbocycles. The number of nitrogens with zero attached hydrogens (tertiary/aromatic N) is 3. The maximum absolute atomic E-state index is 13.3. The van der Waals surface area contributed by atoms with Gasteiger partial charge in [-0.15, -0.1) is 0 Å². The lowest BCUT2D eigenvalue weighted by Gasteiger charge is -2.26. The number of aliphatic hydroxyl groups excluding tert-OH is 1. The highest BCUT2D eigenvalue weighted by molar-refractivity contribution is 6.46. The maximum Gasteiger partial charge on any atom is 0.295 e.